The number of rotatable bonds is 1. The summed E-state index contributed by atoms with van der Waals surface area (Å²) < 4.78 is 1.75. The van der Waals surface area contributed by atoms with Crippen molar-refractivity contribution in [1.29, 1.82) is 0 Å². The standard InChI is InChI=1S/C11H15N5/c12-11-13-10-5-4-9(8-16(10)14-11)15-6-2-1-3-7-15/h4-5,8H,1-3,6-7H2,(H2,12,14). The first-order valence-corrected chi connectivity index (χ1v) is 5.70. The molecule has 5 nitrogen and oxygen atoms in total. The summed E-state index contributed by atoms with van der Waals surface area (Å²) in [5.74, 6) is 0.329. The van der Waals surface area contributed by atoms with Gasteiger partial charge in [-0.15, -0.1) is 5.10 Å². The minimum absolute atomic E-state index is 0.329. The van der Waals surface area contributed by atoms with E-state index in [4.69, 9.17) is 5.73 Å². The summed E-state index contributed by atoms with van der Waals surface area (Å²) in [7, 11) is 0. The Morgan fingerprint density at radius 1 is 1.12 bits per heavy atom. The van der Waals surface area contributed by atoms with Gasteiger partial charge < -0.3 is 10.6 Å². The average Bonchev–Trinajstić information content (AvgIpc) is 2.69. The highest BCUT2D eigenvalue weighted by atomic mass is 15.3. The Kier molecular flexibility index (Phi) is 2.16. The number of nitrogen functional groups attached to an aromatic ring is 1. The Labute approximate surface area is 93.9 Å². The van der Waals surface area contributed by atoms with Gasteiger partial charge in [-0.05, 0) is 31.4 Å². The van der Waals surface area contributed by atoms with E-state index in [-0.39, 0.29) is 0 Å². The van der Waals surface area contributed by atoms with Crippen molar-refractivity contribution in [3.05, 3.63) is 18.3 Å². The van der Waals surface area contributed by atoms with Crippen LogP contribution in [0.5, 0.6) is 0 Å². The SMILES string of the molecule is Nc1nc2ccc(N3CCCCC3)cn2n1. The third-order valence-electron chi connectivity index (χ3n) is 3.05. The van der Waals surface area contributed by atoms with Crippen molar-refractivity contribution >= 4 is 17.3 Å². The summed E-state index contributed by atoms with van der Waals surface area (Å²) in [6.07, 6.45) is 5.90. The number of nitrogens with zero attached hydrogens (tertiary/aromatic N) is 4. The summed E-state index contributed by atoms with van der Waals surface area (Å²) in [6, 6.07) is 4.06. The molecule has 0 saturated carbocycles. The van der Waals surface area contributed by atoms with Gasteiger partial charge in [-0.2, -0.15) is 4.98 Å². The molecular formula is C11H15N5. The first-order chi connectivity index (χ1) is 7.83. The van der Waals surface area contributed by atoms with Crippen molar-refractivity contribution in [3.8, 4) is 0 Å². The van der Waals surface area contributed by atoms with Crippen LogP contribution in [0.3, 0.4) is 0 Å². The smallest absolute Gasteiger partial charge is 0.240 e. The summed E-state index contributed by atoms with van der Waals surface area (Å²) in [5.41, 5.74) is 7.57. The number of nitrogens with two attached hydrogens (primary N) is 1. The maximum absolute atomic E-state index is 5.56. The number of fused-ring (bicyclic) bond motifs is 1. The van der Waals surface area contributed by atoms with Gasteiger partial charge in [0.05, 0.1) is 11.9 Å². The van der Waals surface area contributed by atoms with E-state index in [1.54, 1.807) is 4.52 Å². The molecular weight excluding hydrogens is 202 g/mol. The van der Waals surface area contributed by atoms with Gasteiger partial charge in [0.2, 0.25) is 5.95 Å². The molecule has 0 spiro atoms. The Morgan fingerprint density at radius 3 is 2.75 bits per heavy atom. The molecule has 0 bridgehead atoms. The molecule has 84 valence electrons. The zero-order chi connectivity index (χ0) is 11.0. The van der Waals surface area contributed by atoms with Crippen molar-refractivity contribution in [3.63, 3.8) is 0 Å². The van der Waals surface area contributed by atoms with Crippen LogP contribution in [0.15, 0.2) is 18.3 Å². The van der Waals surface area contributed by atoms with E-state index >= 15 is 0 Å². The number of hydrogen-bond donors (Lipinski definition) is 1. The summed E-state index contributed by atoms with van der Waals surface area (Å²) in [6.45, 7) is 2.27. The monoisotopic (exact) mass is 217 g/mol. The first kappa shape index (κ1) is 9.45. The third kappa shape index (κ3) is 1.58. The summed E-state index contributed by atoms with van der Waals surface area (Å²) in [5, 5.41) is 4.13. The number of anilines is 2. The topological polar surface area (TPSA) is 59.5 Å². The molecule has 1 saturated heterocycles. The van der Waals surface area contributed by atoms with Gasteiger partial charge in [0, 0.05) is 13.1 Å². The molecule has 16 heavy (non-hydrogen) atoms. The Morgan fingerprint density at radius 2 is 1.94 bits per heavy atom. The largest absolute Gasteiger partial charge is 0.370 e. The third-order valence-corrected chi connectivity index (χ3v) is 3.05. The lowest BCUT2D eigenvalue weighted by molar-refractivity contribution is 0.577. The summed E-state index contributed by atoms with van der Waals surface area (Å²) in [4.78, 5) is 6.50. The molecule has 2 aromatic rings. The van der Waals surface area contributed by atoms with Crippen molar-refractivity contribution in [2.45, 2.75) is 19.3 Å². The molecule has 1 aliphatic rings. The van der Waals surface area contributed by atoms with Gasteiger partial charge in [-0.25, -0.2) is 4.52 Å². The Bertz CT molecular complexity index is 498. The molecule has 3 rings (SSSR count). The molecule has 1 fully saturated rings. The van der Waals surface area contributed by atoms with Crippen LogP contribution in [0, 0.1) is 0 Å². The number of piperidine rings is 1. The zero-order valence-electron chi connectivity index (χ0n) is 9.13. The predicted octanol–water partition coefficient (Wildman–Crippen LogP) is 1.30. The van der Waals surface area contributed by atoms with Crippen molar-refractivity contribution in [2.75, 3.05) is 23.7 Å². The second-order valence-electron chi connectivity index (χ2n) is 4.21. The molecule has 2 N–H and O–H groups in total. The lowest BCUT2D eigenvalue weighted by Gasteiger charge is -2.28. The Hall–Kier alpha value is -1.78. The Balaban J connectivity index is 1.97. The van der Waals surface area contributed by atoms with Gasteiger partial charge >= 0.3 is 0 Å². The van der Waals surface area contributed by atoms with E-state index in [2.05, 4.69) is 21.0 Å². The zero-order valence-corrected chi connectivity index (χ0v) is 9.13. The molecule has 5 heteroatoms. The van der Waals surface area contributed by atoms with Gasteiger partial charge in [0.25, 0.3) is 0 Å². The van der Waals surface area contributed by atoms with Crippen LogP contribution in [-0.2, 0) is 0 Å². The molecule has 0 amide bonds. The van der Waals surface area contributed by atoms with Gasteiger partial charge in [0.1, 0.15) is 0 Å². The van der Waals surface area contributed by atoms with E-state index in [9.17, 15) is 0 Å². The van der Waals surface area contributed by atoms with E-state index in [1.165, 1.54) is 24.9 Å². The maximum Gasteiger partial charge on any atom is 0.240 e. The molecule has 2 aromatic heterocycles. The fourth-order valence-electron chi connectivity index (χ4n) is 2.23. The molecule has 0 unspecified atom stereocenters. The van der Waals surface area contributed by atoms with Crippen LogP contribution >= 0.6 is 0 Å². The summed E-state index contributed by atoms with van der Waals surface area (Å²) >= 11 is 0. The molecule has 0 radical (unpaired) electrons. The minimum atomic E-state index is 0.329. The molecule has 0 aliphatic carbocycles. The van der Waals surface area contributed by atoms with Crippen molar-refractivity contribution < 1.29 is 0 Å². The van der Waals surface area contributed by atoms with Crippen LogP contribution in [0.25, 0.3) is 5.65 Å². The highest BCUT2D eigenvalue weighted by molar-refractivity contribution is 5.52. The molecule has 0 atom stereocenters. The van der Waals surface area contributed by atoms with Crippen molar-refractivity contribution in [2.24, 2.45) is 0 Å². The van der Waals surface area contributed by atoms with E-state index in [0.29, 0.717) is 5.95 Å². The first-order valence-electron chi connectivity index (χ1n) is 5.70. The van der Waals surface area contributed by atoms with E-state index in [1.807, 2.05) is 12.3 Å². The lowest BCUT2D eigenvalue weighted by atomic mass is 10.1. The number of pyridine rings is 1. The van der Waals surface area contributed by atoms with Crippen LogP contribution in [0.1, 0.15) is 19.3 Å². The second kappa shape index (κ2) is 3.66. The second-order valence-corrected chi connectivity index (χ2v) is 4.21. The molecule has 0 aromatic carbocycles. The van der Waals surface area contributed by atoms with E-state index < -0.39 is 0 Å². The van der Waals surface area contributed by atoms with Crippen molar-refractivity contribution in [1.82, 2.24) is 14.6 Å². The fourth-order valence-corrected chi connectivity index (χ4v) is 2.23. The molecule has 1 aliphatic heterocycles. The maximum atomic E-state index is 5.56. The predicted molar refractivity (Wildman–Crippen MR) is 63.5 cm³/mol. The number of hydrogen-bond acceptors (Lipinski definition) is 4. The quantitative estimate of drug-likeness (QED) is 0.782. The number of aromatic nitrogens is 3. The fraction of sp³-hybridized carbons (Fsp3) is 0.455. The lowest BCUT2D eigenvalue weighted by Crippen LogP contribution is -2.29. The van der Waals surface area contributed by atoms with Gasteiger partial charge in [0.15, 0.2) is 5.65 Å². The highest BCUT2D eigenvalue weighted by Gasteiger charge is 2.11. The van der Waals surface area contributed by atoms with Crippen LogP contribution in [0.2, 0.25) is 0 Å². The van der Waals surface area contributed by atoms with Gasteiger partial charge in [-0.1, -0.05) is 0 Å². The normalized spacial score (nSPS) is 16.9. The average molecular weight is 217 g/mol. The van der Waals surface area contributed by atoms with E-state index in [0.717, 1.165) is 18.7 Å². The minimum Gasteiger partial charge on any atom is -0.370 e. The van der Waals surface area contributed by atoms with Gasteiger partial charge in [-0.3, -0.25) is 0 Å². The van der Waals surface area contributed by atoms with Crippen LogP contribution < -0.4 is 10.6 Å². The molecule has 3 heterocycles. The van der Waals surface area contributed by atoms with Crippen LogP contribution in [0.4, 0.5) is 11.6 Å². The highest BCUT2D eigenvalue weighted by Crippen LogP contribution is 2.20. The van der Waals surface area contributed by atoms with Crippen LogP contribution in [-0.4, -0.2) is 27.7 Å².